The average molecular weight is 343 g/mol. The Morgan fingerprint density at radius 3 is 2.88 bits per heavy atom. The van der Waals surface area contributed by atoms with Gasteiger partial charge in [-0.2, -0.15) is 0 Å². The third-order valence-electron chi connectivity index (χ3n) is 2.31. The average Bonchev–Trinajstić information content (AvgIpc) is 2.34. The van der Waals surface area contributed by atoms with E-state index in [4.69, 9.17) is 0 Å². The number of anilines is 1. The van der Waals surface area contributed by atoms with Gasteiger partial charge >= 0.3 is 0 Å². The Morgan fingerprint density at radius 2 is 2.12 bits per heavy atom. The number of rotatable bonds is 4. The van der Waals surface area contributed by atoms with E-state index in [1.54, 1.807) is 18.3 Å². The van der Waals surface area contributed by atoms with E-state index in [1.165, 1.54) is 12.4 Å². The van der Waals surface area contributed by atoms with Crippen LogP contribution in [-0.4, -0.2) is 16.5 Å². The lowest BCUT2D eigenvalue weighted by atomic mass is 10.1. The van der Waals surface area contributed by atoms with E-state index in [-0.39, 0.29) is 5.82 Å². The highest BCUT2D eigenvalue weighted by Crippen LogP contribution is 2.13. The third kappa shape index (κ3) is 3.36. The molecule has 2 rings (SSSR count). The van der Waals surface area contributed by atoms with Gasteiger partial charge in [-0.1, -0.05) is 18.2 Å². The highest BCUT2D eigenvalue weighted by Gasteiger charge is 2.02. The van der Waals surface area contributed by atoms with Gasteiger partial charge in [0.05, 0.1) is 3.57 Å². The molecule has 1 aromatic heterocycles. The molecule has 0 aliphatic heterocycles. The number of benzene rings is 1. The van der Waals surface area contributed by atoms with E-state index >= 15 is 0 Å². The number of hydrogen-bond donors (Lipinski definition) is 1. The van der Waals surface area contributed by atoms with Crippen LogP contribution in [0.15, 0.2) is 36.8 Å². The van der Waals surface area contributed by atoms with Gasteiger partial charge < -0.3 is 5.32 Å². The lowest BCUT2D eigenvalue weighted by Crippen LogP contribution is -2.08. The molecule has 0 amide bonds. The highest BCUT2D eigenvalue weighted by molar-refractivity contribution is 14.1. The molecule has 0 bridgehead atoms. The monoisotopic (exact) mass is 343 g/mol. The molecule has 3 nitrogen and oxygen atoms in total. The Hall–Kier alpha value is -1.24. The molecule has 88 valence electrons. The van der Waals surface area contributed by atoms with Crippen LogP contribution >= 0.6 is 22.6 Å². The molecule has 0 saturated heterocycles. The molecule has 0 spiro atoms. The molecule has 0 radical (unpaired) electrons. The van der Waals surface area contributed by atoms with Gasteiger partial charge in [0.2, 0.25) is 0 Å². The summed E-state index contributed by atoms with van der Waals surface area (Å²) in [6.07, 6.45) is 3.86. The first kappa shape index (κ1) is 12.2. The Morgan fingerprint density at radius 1 is 1.29 bits per heavy atom. The molecule has 1 aromatic carbocycles. The minimum atomic E-state index is -0.160. The van der Waals surface area contributed by atoms with Crippen LogP contribution in [0.5, 0.6) is 0 Å². The molecule has 1 heterocycles. The first-order valence-corrected chi connectivity index (χ1v) is 6.28. The van der Waals surface area contributed by atoms with Gasteiger partial charge in [0.25, 0.3) is 0 Å². The quantitative estimate of drug-likeness (QED) is 0.868. The van der Waals surface area contributed by atoms with Crippen LogP contribution in [0.4, 0.5) is 10.2 Å². The molecule has 1 N–H and O–H groups in total. The summed E-state index contributed by atoms with van der Waals surface area (Å²) >= 11 is 2.16. The van der Waals surface area contributed by atoms with Crippen molar-refractivity contribution in [3.05, 3.63) is 51.7 Å². The number of nitrogens with one attached hydrogen (secondary N) is 1. The second-order valence-electron chi connectivity index (χ2n) is 3.49. The van der Waals surface area contributed by atoms with E-state index in [0.717, 1.165) is 9.39 Å². The van der Waals surface area contributed by atoms with Crippen molar-refractivity contribution in [2.24, 2.45) is 0 Å². The SMILES string of the molecule is Fc1ccccc1CCNc1ncncc1I. The Labute approximate surface area is 113 Å². The van der Waals surface area contributed by atoms with Crippen LogP contribution < -0.4 is 5.32 Å². The molecule has 0 unspecified atom stereocenters. The standard InChI is InChI=1S/C12H11FIN3/c13-10-4-2-1-3-9(10)5-6-16-12-11(14)7-15-8-17-12/h1-4,7-8H,5-6H2,(H,15,16,17). The Bertz CT molecular complexity index is 459. The topological polar surface area (TPSA) is 37.8 Å². The molecule has 0 aliphatic rings. The van der Waals surface area contributed by atoms with Crippen molar-refractivity contribution < 1.29 is 4.39 Å². The zero-order valence-electron chi connectivity index (χ0n) is 9.03. The lowest BCUT2D eigenvalue weighted by Gasteiger charge is -2.07. The summed E-state index contributed by atoms with van der Waals surface area (Å²) in [5.74, 6) is 0.628. The number of aromatic nitrogens is 2. The Balaban J connectivity index is 1.93. The fraction of sp³-hybridized carbons (Fsp3) is 0.167. The number of nitrogens with zero attached hydrogens (tertiary/aromatic N) is 2. The molecule has 0 fully saturated rings. The van der Waals surface area contributed by atoms with Crippen molar-refractivity contribution in [3.8, 4) is 0 Å². The zero-order chi connectivity index (χ0) is 12.1. The van der Waals surface area contributed by atoms with E-state index in [1.807, 2.05) is 6.07 Å². The zero-order valence-corrected chi connectivity index (χ0v) is 11.2. The maximum Gasteiger partial charge on any atom is 0.142 e. The molecular formula is C12H11FIN3. The van der Waals surface area contributed by atoms with Crippen molar-refractivity contribution in [2.45, 2.75) is 6.42 Å². The second-order valence-corrected chi connectivity index (χ2v) is 4.65. The Kier molecular flexibility index (Phi) is 4.24. The van der Waals surface area contributed by atoms with E-state index in [0.29, 0.717) is 18.5 Å². The van der Waals surface area contributed by atoms with Gasteiger partial charge in [-0.25, -0.2) is 14.4 Å². The van der Waals surface area contributed by atoms with Crippen molar-refractivity contribution in [2.75, 3.05) is 11.9 Å². The lowest BCUT2D eigenvalue weighted by molar-refractivity contribution is 0.610. The van der Waals surface area contributed by atoms with Gasteiger partial charge in [-0.15, -0.1) is 0 Å². The number of hydrogen-bond acceptors (Lipinski definition) is 3. The minimum Gasteiger partial charge on any atom is -0.369 e. The van der Waals surface area contributed by atoms with Crippen LogP contribution in [0.3, 0.4) is 0 Å². The summed E-state index contributed by atoms with van der Waals surface area (Å²) in [5, 5.41) is 3.16. The smallest absolute Gasteiger partial charge is 0.142 e. The van der Waals surface area contributed by atoms with Crippen molar-refractivity contribution in [1.82, 2.24) is 9.97 Å². The predicted octanol–water partition coefficient (Wildman–Crippen LogP) is 2.87. The highest BCUT2D eigenvalue weighted by atomic mass is 127. The van der Waals surface area contributed by atoms with Gasteiger partial charge in [0.15, 0.2) is 0 Å². The molecule has 0 saturated carbocycles. The maximum atomic E-state index is 13.3. The van der Waals surface area contributed by atoms with Gasteiger partial charge in [0.1, 0.15) is 18.0 Å². The fourth-order valence-corrected chi connectivity index (χ4v) is 1.95. The van der Waals surface area contributed by atoms with Crippen LogP contribution in [0, 0.1) is 9.39 Å². The summed E-state index contributed by atoms with van der Waals surface area (Å²) in [7, 11) is 0. The van der Waals surface area contributed by atoms with Crippen LogP contribution in [0.25, 0.3) is 0 Å². The van der Waals surface area contributed by atoms with Gasteiger partial charge in [-0.3, -0.25) is 0 Å². The largest absolute Gasteiger partial charge is 0.369 e. The van der Waals surface area contributed by atoms with Crippen LogP contribution in [0.2, 0.25) is 0 Å². The van der Waals surface area contributed by atoms with Crippen molar-refractivity contribution in [1.29, 1.82) is 0 Å². The molecule has 17 heavy (non-hydrogen) atoms. The second kappa shape index (κ2) is 5.90. The molecule has 0 aliphatic carbocycles. The van der Waals surface area contributed by atoms with Crippen molar-refractivity contribution >= 4 is 28.4 Å². The van der Waals surface area contributed by atoms with E-state index < -0.39 is 0 Å². The summed E-state index contributed by atoms with van der Waals surface area (Å²) in [5.41, 5.74) is 0.712. The molecule has 5 heteroatoms. The summed E-state index contributed by atoms with van der Waals surface area (Å²) in [4.78, 5) is 8.02. The normalized spacial score (nSPS) is 10.2. The van der Waals surface area contributed by atoms with E-state index in [9.17, 15) is 4.39 Å². The summed E-state index contributed by atoms with van der Waals surface area (Å²) in [6.45, 7) is 0.647. The van der Waals surface area contributed by atoms with Crippen LogP contribution in [0.1, 0.15) is 5.56 Å². The molecule has 0 atom stereocenters. The van der Waals surface area contributed by atoms with E-state index in [2.05, 4.69) is 37.9 Å². The molecular weight excluding hydrogens is 332 g/mol. The summed E-state index contributed by atoms with van der Waals surface area (Å²) in [6, 6.07) is 6.80. The van der Waals surface area contributed by atoms with Crippen LogP contribution in [-0.2, 0) is 6.42 Å². The first-order valence-electron chi connectivity index (χ1n) is 5.20. The first-order chi connectivity index (χ1) is 8.27. The maximum absolute atomic E-state index is 13.3. The summed E-state index contributed by atoms with van der Waals surface area (Å²) < 4.78 is 14.3. The third-order valence-corrected chi connectivity index (χ3v) is 3.10. The van der Waals surface area contributed by atoms with Crippen molar-refractivity contribution in [3.63, 3.8) is 0 Å². The fourth-order valence-electron chi connectivity index (χ4n) is 1.46. The predicted molar refractivity (Wildman–Crippen MR) is 73.3 cm³/mol. The molecule has 2 aromatic rings. The van der Waals surface area contributed by atoms with Gasteiger partial charge in [-0.05, 0) is 40.6 Å². The minimum absolute atomic E-state index is 0.160. The van der Waals surface area contributed by atoms with Gasteiger partial charge in [0, 0.05) is 12.7 Å². The number of halogens is 2.